The molecular weight excluding hydrogens is 360 g/mol. The summed E-state index contributed by atoms with van der Waals surface area (Å²) in [4.78, 5) is 24.7. The lowest BCUT2D eigenvalue weighted by atomic mass is 10.1. The van der Waals surface area contributed by atoms with E-state index < -0.39 is 31.0 Å². The predicted octanol–water partition coefficient (Wildman–Crippen LogP) is 2.98. The lowest BCUT2D eigenvalue weighted by Crippen LogP contribution is -2.35. The Bertz CT molecular complexity index is 783. The SMILES string of the molecule is COc1ccc(C(OC(=O)c2ccccc2)C(=O)NCC(F)F)cc1OC. The van der Waals surface area contributed by atoms with Crippen LogP contribution in [0.15, 0.2) is 48.5 Å². The molecule has 2 rings (SSSR count). The molecule has 0 aliphatic rings. The van der Waals surface area contributed by atoms with E-state index in [0.717, 1.165) is 0 Å². The van der Waals surface area contributed by atoms with Crippen LogP contribution in [0.2, 0.25) is 0 Å². The van der Waals surface area contributed by atoms with Crippen LogP contribution in [0.5, 0.6) is 11.5 Å². The van der Waals surface area contributed by atoms with Crippen LogP contribution in [0.4, 0.5) is 8.78 Å². The number of carbonyl (C=O) groups excluding carboxylic acids is 2. The summed E-state index contributed by atoms with van der Waals surface area (Å²) in [6.45, 7) is -0.856. The Morgan fingerprint density at radius 1 is 1.00 bits per heavy atom. The molecule has 0 heterocycles. The zero-order chi connectivity index (χ0) is 19.8. The number of methoxy groups -OCH3 is 2. The van der Waals surface area contributed by atoms with E-state index in [4.69, 9.17) is 14.2 Å². The van der Waals surface area contributed by atoms with E-state index in [2.05, 4.69) is 5.32 Å². The normalized spacial score (nSPS) is 11.6. The summed E-state index contributed by atoms with van der Waals surface area (Å²) in [6, 6.07) is 12.5. The smallest absolute Gasteiger partial charge is 0.339 e. The van der Waals surface area contributed by atoms with Crippen LogP contribution < -0.4 is 14.8 Å². The maximum absolute atomic E-state index is 12.4. The van der Waals surface area contributed by atoms with Gasteiger partial charge in [0.1, 0.15) is 0 Å². The number of benzene rings is 2. The summed E-state index contributed by atoms with van der Waals surface area (Å²) in [5.74, 6) is -0.922. The minimum absolute atomic E-state index is 0.227. The largest absolute Gasteiger partial charge is 0.493 e. The van der Waals surface area contributed by atoms with Crippen molar-refractivity contribution in [1.82, 2.24) is 5.32 Å². The molecule has 0 radical (unpaired) electrons. The lowest BCUT2D eigenvalue weighted by molar-refractivity contribution is -0.131. The second kappa shape index (κ2) is 9.51. The molecule has 2 aromatic carbocycles. The quantitative estimate of drug-likeness (QED) is 0.714. The number of esters is 1. The van der Waals surface area contributed by atoms with Crippen molar-refractivity contribution in [2.24, 2.45) is 0 Å². The Labute approximate surface area is 155 Å². The summed E-state index contributed by atoms with van der Waals surface area (Å²) < 4.78 is 40.5. The molecule has 8 heteroatoms. The molecule has 0 aliphatic heterocycles. The number of hydrogen-bond acceptors (Lipinski definition) is 5. The van der Waals surface area contributed by atoms with Crippen LogP contribution in [-0.4, -0.2) is 39.1 Å². The molecule has 0 fully saturated rings. The van der Waals surface area contributed by atoms with E-state index in [0.29, 0.717) is 11.5 Å². The van der Waals surface area contributed by atoms with E-state index >= 15 is 0 Å². The highest BCUT2D eigenvalue weighted by atomic mass is 19.3. The van der Waals surface area contributed by atoms with Gasteiger partial charge in [0.2, 0.25) is 6.10 Å². The number of alkyl halides is 2. The topological polar surface area (TPSA) is 73.9 Å². The van der Waals surface area contributed by atoms with Crippen LogP contribution in [-0.2, 0) is 9.53 Å². The first-order valence-electron chi connectivity index (χ1n) is 8.00. The van der Waals surface area contributed by atoms with Gasteiger partial charge < -0.3 is 19.5 Å². The minimum atomic E-state index is -2.73. The van der Waals surface area contributed by atoms with Crippen molar-refractivity contribution in [3.8, 4) is 11.5 Å². The van der Waals surface area contributed by atoms with Gasteiger partial charge in [0.05, 0.1) is 26.3 Å². The highest BCUT2D eigenvalue weighted by Crippen LogP contribution is 2.31. The molecular formula is C19H19F2NO5. The molecule has 0 aliphatic carbocycles. The van der Waals surface area contributed by atoms with Gasteiger partial charge in [-0.25, -0.2) is 13.6 Å². The Morgan fingerprint density at radius 3 is 2.26 bits per heavy atom. The van der Waals surface area contributed by atoms with Crippen molar-refractivity contribution >= 4 is 11.9 Å². The fraction of sp³-hybridized carbons (Fsp3) is 0.263. The molecule has 0 aromatic heterocycles. The third kappa shape index (κ3) is 5.40. The van der Waals surface area contributed by atoms with Gasteiger partial charge in [-0.3, -0.25) is 4.79 Å². The molecule has 0 saturated carbocycles. The van der Waals surface area contributed by atoms with Crippen LogP contribution in [0.25, 0.3) is 0 Å². The number of halogens is 2. The van der Waals surface area contributed by atoms with Crippen LogP contribution in [0.3, 0.4) is 0 Å². The molecule has 1 atom stereocenters. The van der Waals surface area contributed by atoms with E-state index in [9.17, 15) is 18.4 Å². The molecule has 27 heavy (non-hydrogen) atoms. The molecule has 1 amide bonds. The van der Waals surface area contributed by atoms with E-state index in [1.54, 1.807) is 18.2 Å². The fourth-order valence-electron chi connectivity index (χ4n) is 2.31. The van der Waals surface area contributed by atoms with Gasteiger partial charge in [-0.1, -0.05) is 24.3 Å². The Morgan fingerprint density at radius 2 is 1.67 bits per heavy atom. The number of hydrogen-bond donors (Lipinski definition) is 1. The van der Waals surface area contributed by atoms with Crippen LogP contribution in [0, 0.1) is 0 Å². The Balaban J connectivity index is 2.31. The molecule has 0 saturated heterocycles. The maximum Gasteiger partial charge on any atom is 0.339 e. The van der Waals surface area contributed by atoms with E-state index in [1.165, 1.54) is 44.6 Å². The summed E-state index contributed by atoms with van der Waals surface area (Å²) in [5.41, 5.74) is 0.480. The Kier molecular flexibility index (Phi) is 7.10. The number of rotatable bonds is 8. The fourth-order valence-corrected chi connectivity index (χ4v) is 2.31. The van der Waals surface area contributed by atoms with Gasteiger partial charge in [-0.05, 0) is 24.3 Å². The zero-order valence-corrected chi connectivity index (χ0v) is 14.8. The second-order valence-electron chi connectivity index (χ2n) is 5.40. The number of nitrogens with one attached hydrogen (secondary N) is 1. The van der Waals surface area contributed by atoms with E-state index in [-0.39, 0.29) is 11.1 Å². The third-order valence-electron chi connectivity index (χ3n) is 3.61. The van der Waals surface area contributed by atoms with Gasteiger partial charge in [0.25, 0.3) is 12.3 Å². The molecule has 0 bridgehead atoms. The van der Waals surface area contributed by atoms with Crippen molar-refractivity contribution in [2.45, 2.75) is 12.5 Å². The molecule has 0 spiro atoms. The van der Waals surface area contributed by atoms with Gasteiger partial charge >= 0.3 is 5.97 Å². The van der Waals surface area contributed by atoms with Gasteiger partial charge in [0, 0.05) is 5.56 Å². The summed E-state index contributed by atoms with van der Waals surface area (Å²) >= 11 is 0. The lowest BCUT2D eigenvalue weighted by Gasteiger charge is -2.19. The van der Waals surface area contributed by atoms with Crippen molar-refractivity contribution in [3.05, 3.63) is 59.7 Å². The predicted molar refractivity (Wildman–Crippen MR) is 93.2 cm³/mol. The molecule has 144 valence electrons. The molecule has 1 N–H and O–H groups in total. The number of carbonyl (C=O) groups is 2. The Hall–Kier alpha value is -3.16. The van der Waals surface area contributed by atoms with E-state index in [1.807, 2.05) is 0 Å². The average Bonchev–Trinajstić information content (AvgIpc) is 2.70. The summed E-state index contributed by atoms with van der Waals surface area (Å²) in [5, 5.41) is 2.07. The highest BCUT2D eigenvalue weighted by Gasteiger charge is 2.27. The first-order chi connectivity index (χ1) is 13.0. The first-order valence-corrected chi connectivity index (χ1v) is 8.00. The van der Waals surface area contributed by atoms with Gasteiger partial charge in [-0.2, -0.15) is 0 Å². The van der Waals surface area contributed by atoms with Gasteiger partial charge in [0.15, 0.2) is 11.5 Å². The molecule has 1 unspecified atom stereocenters. The first kappa shape index (κ1) is 20.2. The van der Waals surface area contributed by atoms with Crippen LogP contribution >= 0.6 is 0 Å². The zero-order valence-electron chi connectivity index (χ0n) is 14.8. The summed E-state index contributed by atoms with van der Waals surface area (Å²) in [6.07, 6.45) is -4.17. The second-order valence-corrected chi connectivity index (χ2v) is 5.40. The molecule has 2 aromatic rings. The monoisotopic (exact) mass is 379 g/mol. The number of ether oxygens (including phenoxy) is 3. The van der Waals surface area contributed by atoms with Crippen molar-refractivity contribution in [3.63, 3.8) is 0 Å². The standard InChI is InChI=1S/C19H19F2NO5/c1-25-14-9-8-13(10-15(14)26-2)17(18(23)22-11-16(20)21)27-19(24)12-6-4-3-5-7-12/h3-10,16-17H,11H2,1-2H3,(H,22,23). The maximum atomic E-state index is 12.4. The third-order valence-corrected chi connectivity index (χ3v) is 3.61. The average molecular weight is 379 g/mol. The van der Waals surface area contributed by atoms with Crippen molar-refractivity contribution < 1.29 is 32.6 Å². The van der Waals surface area contributed by atoms with Crippen molar-refractivity contribution in [1.29, 1.82) is 0 Å². The minimum Gasteiger partial charge on any atom is -0.493 e. The number of amides is 1. The van der Waals surface area contributed by atoms with Crippen molar-refractivity contribution in [2.75, 3.05) is 20.8 Å². The highest BCUT2D eigenvalue weighted by molar-refractivity contribution is 5.92. The molecule has 6 nitrogen and oxygen atoms in total. The van der Waals surface area contributed by atoms with Gasteiger partial charge in [-0.15, -0.1) is 0 Å². The summed E-state index contributed by atoms with van der Waals surface area (Å²) in [7, 11) is 2.85. The van der Waals surface area contributed by atoms with Crippen LogP contribution in [0.1, 0.15) is 22.0 Å².